The van der Waals surface area contributed by atoms with E-state index in [1.54, 1.807) is 12.1 Å². The molecule has 0 spiro atoms. The number of aromatic hydroxyl groups is 2. The number of benzene rings is 3. The van der Waals surface area contributed by atoms with Crippen LogP contribution < -0.4 is 10.6 Å². The Balaban J connectivity index is 1.55. The summed E-state index contributed by atoms with van der Waals surface area (Å²) in [6.45, 7) is 8.19. The van der Waals surface area contributed by atoms with Crippen molar-refractivity contribution in [3.05, 3.63) is 82.4 Å². The van der Waals surface area contributed by atoms with Crippen molar-refractivity contribution >= 4 is 23.2 Å². The Morgan fingerprint density at radius 3 is 1.47 bits per heavy atom. The molecule has 0 bridgehead atoms. The molecule has 3 aromatic carbocycles. The fraction of sp³-hybridized carbons (Fsp3) is 0.444. The van der Waals surface area contributed by atoms with Gasteiger partial charge < -0.3 is 41.3 Å². The van der Waals surface area contributed by atoms with Gasteiger partial charge in [0.1, 0.15) is 11.5 Å². The number of carbonyl (C=O) groups excluding carboxylic acids is 2. The van der Waals surface area contributed by atoms with Crippen LogP contribution in [0.3, 0.4) is 0 Å². The first-order chi connectivity index (χ1) is 23.5. The Morgan fingerprint density at radius 1 is 0.653 bits per heavy atom. The van der Waals surface area contributed by atoms with Crippen molar-refractivity contribution in [2.24, 2.45) is 0 Å². The highest BCUT2D eigenvalue weighted by atomic mass is 16.3. The maximum absolute atomic E-state index is 12.2. The van der Waals surface area contributed by atoms with Crippen LogP contribution in [-0.4, -0.2) is 122 Å². The van der Waals surface area contributed by atoms with E-state index in [1.807, 2.05) is 44.2 Å². The predicted octanol–water partition coefficient (Wildman–Crippen LogP) is 1.51. The van der Waals surface area contributed by atoms with Crippen molar-refractivity contribution < 1.29 is 40.2 Å². The number of aliphatic hydroxyl groups is 4. The highest BCUT2D eigenvalue weighted by Crippen LogP contribution is 2.32. The van der Waals surface area contributed by atoms with E-state index in [4.69, 9.17) is 10.2 Å². The van der Waals surface area contributed by atoms with Crippen LogP contribution in [0.1, 0.15) is 34.2 Å². The van der Waals surface area contributed by atoms with Crippen LogP contribution in [0.2, 0.25) is 0 Å². The minimum atomic E-state index is -1.60. The fourth-order valence-corrected chi connectivity index (χ4v) is 5.95. The summed E-state index contributed by atoms with van der Waals surface area (Å²) in [5, 5.41) is 65.0. The van der Waals surface area contributed by atoms with Crippen LogP contribution in [0.5, 0.6) is 11.5 Å². The molecule has 2 unspecified atom stereocenters. The van der Waals surface area contributed by atoms with Crippen LogP contribution in [-0.2, 0) is 29.2 Å². The van der Waals surface area contributed by atoms with E-state index in [2.05, 4.69) is 37.5 Å². The normalized spacial score (nSPS) is 16.5. The summed E-state index contributed by atoms with van der Waals surface area (Å²) in [5.74, 6) is -1.79. The number of hydrogen-bond acceptors (Lipinski definition) is 11. The number of rotatable bonds is 12. The lowest BCUT2D eigenvalue weighted by molar-refractivity contribution is -0.126. The summed E-state index contributed by atoms with van der Waals surface area (Å²) in [5.41, 5.74) is 4.42. The van der Waals surface area contributed by atoms with Gasteiger partial charge in [0.05, 0.1) is 24.6 Å². The van der Waals surface area contributed by atoms with Gasteiger partial charge in [-0.2, -0.15) is 0 Å². The average Bonchev–Trinajstić information content (AvgIpc) is 3.08. The molecule has 3 aromatic rings. The first kappa shape index (κ1) is 37.7. The standard InChI is InChI=1S/C36H49N5O8/c1-24-15-27(33(46)29(17-24)37-35(48)31(44)22-42)20-39-9-6-10-40(12-14-41(13-11-39)19-26-7-4-3-5-8-26)21-28-16-25(2)18-30(34(28)47)38-36(49)32(45)23-43/h3-5,7-8,15-18,31-32,42-47H,6,9-14,19-23H2,1-2H3,(H,37,48)(H,38,49). The minimum Gasteiger partial charge on any atom is -0.505 e. The average molecular weight is 680 g/mol. The summed E-state index contributed by atoms with van der Waals surface area (Å²) < 4.78 is 0. The summed E-state index contributed by atoms with van der Waals surface area (Å²) in [6.07, 6.45) is -2.42. The van der Waals surface area contributed by atoms with Gasteiger partial charge in [0.25, 0.3) is 11.8 Å². The fourth-order valence-electron chi connectivity index (χ4n) is 5.95. The Kier molecular flexibility index (Phi) is 13.9. The number of nitrogens with zero attached hydrogens (tertiary/aromatic N) is 3. The van der Waals surface area contributed by atoms with Gasteiger partial charge in [-0.15, -0.1) is 0 Å². The van der Waals surface area contributed by atoms with E-state index in [1.165, 1.54) is 5.56 Å². The molecule has 1 saturated heterocycles. The smallest absolute Gasteiger partial charge is 0.255 e. The van der Waals surface area contributed by atoms with Crippen molar-refractivity contribution in [2.75, 3.05) is 63.1 Å². The van der Waals surface area contributed by atoms with Crippen molar-refractivity contribution in [3.63, 3.8) is 0 Å². The van der Waals surface area contributed by atoms with E-state index in [0.29, 0.717) is 37.3 Å². The predicted molar refractivity (Wildman–Crippen MR) is 186 cm³/mol. The topological polar surface area (TPSA) is 189 Å². The number of phenols is 2. The third kappa shape index (κ3) is 11.0. The zero-order chi connectivity index (χ0) is 35.5. The second kappa shape index (κ2) is 18.1. The van der Waals surface area contributed by atoms with Gasteiger partial charge in [0.15, 0.2) is 12.2 Å². The van der Waals surface area contributed by atoms with E-state index >= 15 is 0 Å². The molecule has 2 amide bonds. The van der Waals surface area contributed by atoms with Gasteiger partial charge in [0, 0.05) is 56.9 Å². The van der Waals surface area contributed by atoms with Gasteiger partial charge in [-0.3, -0.25) is 24.3 Å². The molecule has 8 N–H and O–H groups in total. The van der Waals surface area contributed by atoms with Gasteiger partial charge in [-0.25, -0.2) is 0 Å². The van der Waals surface area contributed by atoms with Crippen LogP contribution in [0.15, 0.2) is 54.6 Å². The lowest BCUT2D eigenvalue weighted by Gasteiger charge is -2.33. The van der Waals surface area contributed by atoms with Crippen molar-refractivity contribution in [3.8, 4) is 11.5 Å². The second-order valence-electron chi connectivity index (χ2n) is 12.7. The number of phenolic OH excluding ortho intramolecular Hbond substituents is 2. The third-order valence-electron chi connectivity index (χ3n) is 8.58. The molecular formula is C36H49N5O8. The zero-order valence-electron chi connectivity index (χ0n) is 28.2. The Labute approximate surface area is 287 Å². The number of nitrogens with one attached hydrogen (secondary N) is 2. The first-order valence-electron chi connectivity index (χ1n) is 16.5. The zero-order valence-corrected chi connectivity index (χ0v) is 28.2. The van der Waals surface area contributed by atoms with E-state index in [0.717, 1.165) is 50.3 Å². The quantitative estimate of drug-likeness (QED) is 0.130. The molecule has 1 aliphatic heterocycles. The van der Waals surface area contributed by atoms with Crippen LogP contribution in [0.25, 0.3) is 0 Å². The highest BCUT2D eigenvalue weighted by molar-refractivity contribution is 5.96. The molecule has 0 radical (unpaired) electrons. The summed E-state index contributed by atoms with van der Waals surface area (Å²) >= 11 is 0. The maximum atomic E-state index is 12.2. The minimum absolute atomic E-state index is 0.0896. The Morgan fingerprint density at radius 2 is 1.06 bits per heavy atom. The lowest BCUT2D eigenvalue weighted by Crippen LogP contribution is -2.42. The molecule has 4 rings (SSSR count). The van der Waals surface area contributed by atoms with Gasteiger partial charge >= 0.3 is 0 Å². The van der Waals surface area contributed by atoms with E-state index < -0.39 is 37.2 Å². The molecule has 1 aliphatic rings. The molecule has 49 heavy (non-hydrogen) atoms. The highest BCUT2D eigenvalue weighted by Gasteiger charge is 2.22. The monoisotopic (exact) mass is 679 g/mol. The molecular weight excluding hydrogens is 630 g/mol. The second-order valence-corrected chi connectivity index (χ2v) is 12.7. The molecule has 1 heterocycles. The Hall–Kier alpha value is -4.08. The molecule has 13 nitrogen and oxygen atoms in total. The van der Waals surface area contributed by atoms with Gasteiger partial charge in [-0.1, -0.05) is 42.5 Å². The van der Waals surface area contributed by atoms with Crippen LogP contribution in [0, 0.1) is 13.8 Å². The van der Waals surface area contributed by atoms with E-state index in [9.17, 15) is 30.0 Å². The lowest BCUT2D eigenvalue weighted by atomic mass is 10.1. The number of anilines is 2. The number of aliphatic hydroxyl groups excluding tert-OH is 4. The first-order valence-corrected chi connectivity index (χ1v) is 16.5. The van der Waals surface area contributed by atoms with Gasteiger partial charge in [-0.05, 0) is 62.2 Å². The SMILES string of the molecule is Cc1cc(CN2CCCN(Cc3cc(C)cc(NC(=O)C(O)CO)c3O)CCN(Cc3ccccc3)CC2)c(O)c(NC(=O)C(O)CO)c1. The van der Waals surface area contributed by atoms with Crippen molar-refractivity contribution in [1.29, 1.82) is 0 Å². The molecule has 13 heteroatoms. The maximum Gasteiger partial charge on any atom is 0.255 e. The number of hydrogen-bond donors (Lipinski definition) is 8. The molecule has 0 saturated carbocycles. The molecule has 0 aliphatic carbocycles. The third-order valence-corrected chi connectivity index (χ3v) is 8.58. The molecule has 266 valence electrons. The summed E-state index contributed by atoms with van der Waals surface area (Å²) in [7, 11) is 0. The number of aryl methyl sites for hydroxylation is 2. The number of carbonyl (C=O) groups is 2. The molecule has 2 atom stereocenters. The van der Waals surface area contributed by atoms with Crippen LogP contribution >= 0.6 is 0 Å². The van der Waals surface area contributed by atoms with Crippen molar-refractivity contribution in [1.82, 2.24) is 14.7 Å². The van der Waals surface area contributed by atoms with Crippen molar-refractivity contribution in [2.45, 2.75) is 52.1 Å². The summed E-state index contributed by atoms with van der Waals surface area (Å²) in [6, 6.07) is 17.2. The number of amides is 2. The van der Waals surface area contributed by atoms with E-state index in [-0.39, 0.29) is 22.9 Å². The Bertz CT molecular complexity index is 1460. The van der Waals surface area contributed by atoms with Gasteiger partial charge in [0.2, 0.25) is 0 Å². The largest absolute Gasteiger partial charge is 0.505 e. The molecule has 1 fully saturated rings. The summed E-state index contributed by atoms with van der Waals surface area (Å²) in [4.78, 5) is 31.4. The van der Waals surface area contributed by atoms with Crippen LogP contribution in [0.4, 0.5) is 11.4 Å². The molecule has 0 aromatic heterocycles.